The van der Waals surface area contributed by atoms with Gasteiger partial charge in [-0.15, -0.1) is 0 Å². The van der Waals surface area contributed by atoms with Gasteiger partial charge in [-0.1, -0.05) is 0 Å². The van der Waals surface area contributed by atoms with Crippen molar-refractivity contribution in [2.75, 3.05) is 58.8 Å². The molecule has 2 aliphatic heterocycles. The van der Waals surface area contributed by atoms with Gasteiger partial charge in [0.15, 0.2) is 5.79 Å². The third-order valence-electron chi connectivity index (χ3n) is 4.50. The number of nitrogens with one attached hydrogen (secondary N) is 1. The number of ether oxygens (including phenoxy) is 2. The summed E-state index contributed by atoms with van der Waals surface area (Å²) in [5.41, 5.74) is 1.49. The molecule has 2 saturated heterocycles. The molecule has 0 unspecified atom stereocenters. The highest BCUT2D eigenvalue weighted by atomic mass is 16.7. The van der Waals surface area contributed by atoms with Crippen LogP contribution in [0.4, 0.5) is 5.69 Å². The number of aromatic nitrogens is 1. The Hall–Kier alpha value is -1.70. The van der Waals surface area contributed by atoms with Crippen LogP contribution in [0, 0.1) is 0 Å². The van der Waals surface area contributed by atoms with E-state index in [0.29, 0.717) is 31.9 Å². The van der Waals surface area contributed by atoms with Crippen molar-refractivity contribution in [2.24, 2.45) is 0 Å². The minimum Gasteiger partial charge on any atom is -0.382 e. The molecular weight excluding hydrogens is 308 g/mol. The van der Waals surface area contributed by atoms with E-state index < -0.39 is 5.79 Å². The van der Waals surface area contributed by atoms with Crippen molar-refractivity contribution >= 4 is 11.6 Å². The number of rotatable bonds is 5. The summed E-state index contributed by atoms with van der Waals surface area (Å²) in [5.74, 6) is -0.434. The van der Waals surface area contributed by atoms with Crippen molar-refractivity contribution in [1.29, 1.82) is 0 Å². The van der Waals surface area contributed by atoms with E-state index in [9.17, 15) is 4.79 Å². The van der Waals surface area contributed by atoms with Crippen molar-refractivity contribution in [3.05, 3.63) is 24.0 Å². The van der Waals surface area contributed by atoms with Crippen molar-refractivity contribution in [3.63, 3.8) is 0 Å². The van der Waals surface area contributed by atoms with Crippen LogP contribution in [0.15, 0.2) is 18.5 Å². The second kappa shape index (κ2) is 7.46. The van der Waals surface area contributed by atoms with Gasteiger partial charge in [0.2, 0.25) is 0 Å². The van der Waals surface area contributed by atoms with Gasteiger partial charge < -0.3 is 24.6 Å². The lowest BCUT2D eigenvalue weighted by atomic mass is 10.0. The zero-order valence-electron chi connectivity index (χ0n) is 14.5. The lowest BCUT2D eigenvalue weighted by Crippen LogP contribution is -2.47. The quantitative estimate of drug-likeness (QED) is 0.868. The monoisotopic (exact) mass is 334 g/mol. The van der Waals surface area contributed by atoms with Crippen LogP contribution in [0.2, 0.25) is 0 Å². The minimum absolute atomic E-state index is 0.0200. The zero-order chi connectivity index (χ0) is 17.0. The number of nitrogens with zero attached hydrogens (tertiary/aromatic N) is 3. The Kier molecular flexibility index (Phi) is 5.33. The van der Waals surface area contributed by atoms with Gasteiger partial charge in [-0.2, -0.15) is 0 Å². The fourth-order valence-corrected chi connectivity index (χ4v) is 3.10. The van der Waals surface area contributed by atoms with Gasteiger partial charge in [-0.05, 0) is 20.2 Å². The third kappa shape index (κ3) is 4.03. The van der Waals surface area contributed by atoms with E-state index in [1.54, 1.807) is 12.4 Å². The molecule has 7 nitrogen and oxygen atoms in total. The number of carbonyl (C=O) groups excluding carboxylic acids is 1. The van der Waals surface area contributed by atoms with Crippen molar-refractivity contribution in [2.45, 2.75) is 18.6 Å². The number of carbonyl (C=O) groups is 1. The summed E-state index contributed by atoms with van der Waals surface area (Å²) in [6.07, 6.45) is 4.84. The molecule has 3 heterocycles. The highest BCUT2D eigenvalue weighted by Gasteiger charge is 2.40. The molecule has 0 saturated carbocycles. The molecule has 7 heteroatoms. The SMILES string of the molecule is CN(C)CCNc1cncc(C(=O)N2CCC3(CC2)OCCO3)c1. The van der Waals surface area contributed by atoms with Gasteiger partial charge in [0, 0.05) is 51.4 Å². The second-order valence-corrected chi connectivity index (χ2v) is 6.59. The van der Waals surface area contributed by atoms with Gasteiger partial charge in [-0.25, -0.2) is 0 Å². The Morgan fingerprint density at radius 1 is 1.29 bits per heavy atom. The molecule has 0 atom stereocenters. The maximum Gasteiger partial charge on any atom is 0.255 e. The maximum absolute atomic E-state index is 12.7. The summed E-state index contributed by atoms with van der Waals surface area (Å²) in [4.78, 5) is 20.9. The first-order valence-electron chi connectivity index (χ1n) is 8.49. The topological polar surface area (TPSA) is 66.9 Å². The van der Waals surface area contributed by atoms with E-state index in [1.165, 1.54) is 0 Å². The van der Waals surface area contributed by atoms with Crippen LogP contribution in [0.1, 0.15) is 23.2 Å². The van der Waals surface area contributed by atoms with Crippen LogP contribution in [0.3, 0.4) is 0 Å². The molecular formula is C17H26N4O3. The van der Waals surface area contributed by atoms with E-state index in [4.69, 9.17) is 9.47 Å². The fourth-order valence-electron chi connectivity index (χ4n) is 3.10. The molecule has 0 bridgehead atoms. The number of hydrogen-bond donors (Lipinski definition) is 1. The van der Waals surface area contributed by atoms with Crippen LogP contribution in [-0.4, -0.2) is 80.0 Å². The number of pyridine rings is 1. The predicted octanol–water partition coefficient (Wildman–Crippen LogP) is 1.03. The normalized spacial score (nSPS) is 19.9. The Morgan fingerprint density at radius 3 is 2.67 bits per heavy atom. The summed E-state index contributed by atoms with van der Waals surface area (Å²) in [7, 11) is 4.06. The Morgan fingerprint density at radius 2 is 2.00 bits per heavy atom. The van der Waals surface area contributed by atoms with Crippen LogP contribution >= 0.6 is 0 Å². The number of likely N-dealkylation sites (tertiary alicyclic amines) is 1. The molecule has 1 N–H and O–H groups in total. The molecule has 24 heavy (non-hydrogen) atoms. The minimum atomic E-state index is -0.454. The average molecular weight is 334 g/mol. The molecule has 2 aliphatic rings. The highest BCUT2D eigenvalue weighted by molar-refractivity contribution is 5.94. The first-order chi connectivity index (χ1) is 11.6. The smallest absolute Gasteiger partial charge is 0.255 e. The van der Waals surface area contributed by atoms with Crippen LogP contribution in [0.5, 0.6) is 0 Å². The molecule has 0 aliphatic carbocycles. The number of likely N-dealkylation sites (N-methyl/N-ethyl adjacent to an activating group) is 1. The summed E-state index contributed by atoms with van der Waals surface area (Å²) < 4.78 is 11.4. The van der Waals surface area contributed by atoms with Crippen molar-refractivity contribution in [1.82, 2.24) is 14.8 Å². The van der Waals surface area contributed by atoms with Crippen molar-refractivity contribution in [3.8, 4) is 0 Å². The summed E-state index contributed by atoms with van der Waals surface area (Å²) in [6.45, 7) is 4.34. The molecule has 2 fully saturated rings. The van der Waals surface area contributed by atoms with Gasteiger partial charge >= 0.3 is 0 Å². The molecule has 1 aromatic rings. The molecule has 0 radical (unpaired) electrons. The first kappa shape index (κ1) is 17.1. The summed E-state index contributed by atoms with van der Waals surface area (Å²) >= 11 is 0. The summed E-state index contributed by atoms with van der Waals surface area (Å²) in [6, 6.07) is 1.87. The number of anilines is 1. The zero-order valence-corrected chi connectivity index (χ0v) is 14.5. The Bertz CT molecular complexity index is 563. The van der Waals surface area contributed by atoms with Crippen LogP contribution in [-0.2, 0) is 9.47 Å². The molecule has 132 valence electrons. The number of piperidine rings is 1. The number of amides is 1. The summed E-state index contributed by atoms with van der Waals surface area (Å²) in [5, 5.41) is 3.30. The largest absolute Gasteiger partial charge is 0.382 e. The van der Waals surface area contributed by atoms with Gasteiger partial charge in [0.25, 0.3) is 5.91 Å². The second-order valence-electron chi connectivity index (χ2n) is 6.59. The fraction of sp³-hybridized carbons (Fsp3) is 0.647. The maximum atomic E-state index is 12.7. The highest BCUT2D eigenvalue weighted by Crippen LogP contribution is 2.31. The van der Waals surface area contributed by atoms with E-state index in [2.05, 4.69) is 15.2 Å². The van der Waals surface area contributed by atoms with E-state index in [-0.39, 0.29) is 5.91 Å². The van der Waals surface area contributed by atoms with E-state index in [0.717, 1.165) is 31.6 Å². The average Bonchev–Trinajstić information content (AvgIpc) is 3.03. The Labute approximate surface area is 142 Å². The molecule has 1 aromatic heterocycles. The standard InChI is InChI=1S/C17H26N4O3/c1-20(2)8-5-19-15-11-14(12-18-13-15)16(22)21-6-3-17(4-7-21)23-9-10-24-17/h11-13,19H,3-10H2,1-2H3. The third-order valence-corrected chi connectivity index (χ3v) is 4.50. The molecule has 0 aromatic carbocycles. The number of hydrogen-bond acceptors (Lipinski definition) is 6. The lowest BCUT2D eigenvalue weighted by Gasteiger charge is -2.37. The first-order valence-corrected chi connectivity index (χ1v) is 8.49. The van der Waals surface area contributed by atoms with Crippen molar-refractivity contribution < 1.29 is 14.3 Å². The molecule has 1 spiro atoms. The molecule has 1 amide bonds. The lowest BCUT2D eigenvalue weighted by molar-refractivity contribution is -0.181. The predicted molar refractivity (Wildman–Crippen MR) is 91.1 cm³/mol. The van der Waals surface area contributed by atoms with Gasteiger partial charge in [-0.3, -0.25) is 9.78 Å². The van der Waals surface area contributed by atoms with Gasteiger partial charge in [0.05, 0.1) is 24.5 Å². The van der Waals surface area contributed by atoms with E-state index >= 15 is 0 Å². The van der Waals surface area contributed by atoms with Crippen LogP contribution in [0.25, 0.3) is 0 Å². The molecule has 3 rings (SSSR count). The van der Waals surface area contributed by atoms with Crippen LogP contribution < -0.4 is 5.32 Å². The Balaban J connectivity index is 1.57. The van der Waals surface area contributed by atoms with E-state index in [1.807, 2.05) is 25.1 Å². The van der Waals surface area contributed by atoms with Gasteiger partial charge in [0.1, 0.15) is 0 Å².